The number of halogens is 1. The number of hydrogen-bond donors (Lipinski definition) is 1. The van der Waals surface area contributed by atoms with Crippen LogP contribution in [0.4, 0.5) is 4.39 Å². The highest BCUT2D eigenvalue weighted by Crippen LogP contribution is 2.18. The van der Waals surface area contributed by atoms with E-state index < -0.39 is 10.0 Å². The van der Waals surface area contributed by atoms with Gasteiger partial charge in [0.25, 0.3) is 5.91 Å². The number of nitrogens with one attached hydrogen (secondary N) is 1. The van der Waals surface area contributed by atoms with Crippen LogP contribution in [-0.2, 0) is 20.5 Å². The molecule has 0 atom stereocenters. The summed E-state index contributed by atoms with van der Waals surface area (Å²) in [5.41, 5.74) is 1.03. The first-order valence-corrected chi connectivity index (χ1v) is 11.9. The van der Waals surface area contributed by atoms with E-state index in [1.165, 1.54) is 46.4 Å². The fourth-order valence-corrected chi connectivity index (χ4v) is 5.10. The number of carbonyl (C=O) groups excluding carboxylic acids is 1. The van der Waals surface area contributed by atoms with E-state index in [4.69, 9.17) is 4.74 Å². The fourth-order valence-electron chi connectivity index (χ4n) is 2.85. The molecule has 1 saturated heterocycles. The molecule has 0 spiro atoms. The van der Waals surface area contributed by atoms with Crippen molar-refractivity contribution >= 4 is 27.7 Å². The zero-order valence-electron chi connectivity index (χ0n) is 15.8. The smallest absolute Gasteiger partial charge is 0.251 e. The standard InChI is InChI=1S/C20H23FN2O4S2/c21-19-4-2-1-3-17(19)15-28-14-9-22-20(24)16-5-7-18(8-6-16)29(25,26)23-10-12-27-13-11-23/h1-8H,9-15H2,(H,22,24). The maximum absolute atomic E-state index is 13.5. The number of ether oxygens (including phenoxy) is 1. The van der Waals surface area contributed by atoms with Gasteiger partial charge in [0.2, 0.25) is 10.0 Å². The van der Waals surface area contributed by atoms with Crippen molar-refractivity contribution in [3.05, 3.63) is 65.5 Å². The summed E-state index contributed by atoms with van der Waals surface area (Å²) in [4.78, 5) is 12.4. The average Bonchev–Trinajstić information content (AvgIpc) is 2.75. The third-order valence-electron chi connectivity index (χ3n) is 4.47. The number of hydrogen-bond acceptors (Lipinski definition) is 5. The van der Waals surface area contributed by atoms with Crippen molar-refractivity contribution in [1.29, 1.82) is 0 Å². The normalized spacial score (nSPS) is 15.2. The molecule has 2 aromatic rings. The Bertz CT molecular complexity index is 930. The van der Waals surface area contributed by atoms with E-state index in [-0.39, 0.29) is 16.6 Å². The molecule has 0 bridgehead atoms. The first kappa shape index (κ1) is 21.8. The lowest BCUT2D eigenvalue weighted by Crippen LogP contribution is -2.40. The number of benzene rings is 2. The van der Waals surface area contributed by atoms with Crippen LogP contribution in [0.1, 0.15) is 15.9 Å². The second-order valence-corrected chi connectivity index (χ2v) is 9.48. The lowest BCUT2D eigenvalue weighted by molar-refractivity contribution is 0.0730. The Labute approximate surface area is 174 Å². The molecular weight excluding hydrogens is 415 g/mol. The van der Waals surface area contributed by atoms with Crippen molar-refractivity contribution < 1.29 is 22.3 Å². The monoisotopic (exact) mass is 438 g/mol. The van der Waals surface area contributed by atoms with Crippen molar-refractivity contribution in [2.24, 2.45) is 0 Å². The van der Waals surface area contributed by atoms with Gasteiger partial charge in [-0.1, -0.05) is 18.2 Å². The molecule has 2 aromatic carbocycles. The largest absolute Gasteiger partial charge is 0.379 e. The van der Waals surface area contributed by atoms with Crippen molar-refractivity contribution in [3.63, 3.8) is 0 Å². The molecule has 1 aliphatic heterocycles. The number of carbonyl (C=O) groups is 1. The minimum atomic E-state index is -3.57. The first-order valence-electron chi connectivity index (χ1n) is 9.26. The predicted octanol–water partition coefficient (Wildman–Crippen LogP) is 2.51. The molecule has 0 radical (unpaired) electrons. The van der Waals surface area contributed by atoms with E-state index in [1.807, 2.05) is 0 Å². The molecule has 1 fully saturated rings. The molecule has 0 saturated carbocycles. The first-order chi connectivity index (χ1) is 14.0. The Kier molecular flexibility index (Phi) is 7.65. The third-order valence-corrected chi connectivity index (χ3v) is 7.39. The summed E-state index contributed by atoms with van der Waals surface area (Å²) in [6.07, 6.45) is 0. The van der Waals surface area contributed by atoms with Gasteiger partial charge < -0.3 is 10.1 Å². The van der Waals surface area contributed by atoms with Crippen LogP contribution in [0.15, 0.2) is 53.4 Å². The second-order valence-electron chi connectivity index (χ2n) is 6.44. The molecule has 9 heteroatoms. The van der Waals surface area contributed by atoms with Crippen molar-refractivity contribution in [3.8, 4) is 0 Å². The van der Waals surface area contributed by atoms with Crippen LogP contribution in [0, 0.1) is 5.82 Å². The number of morpholine rings is 1. The van der Waals surface area contributed by atoms with Gasteiger partial charge in [-0.3, -0.25) is 4.79 Å². The van der Waals surface area contributed by atoms with Crippen molar-refractivity contribution in [2.45, 2.75) is 10.6 Å². The van der Waals surface area contributed by atoms with E-state index >= 15 is 0 Å². The van der Waals surface area contributed by atoms with Crippen LogP contribution >= 0.6 is 11.8 Å². The lowest BCUT2D eigenvalue weighted by atomic mass is 10.2. The molecule has 1 N–H and O–H groups in total. The van der Waals surface area contributed by atoms with Gasteiger partial charge in [-0.2, -0.15) is 16.1 Å². The Hall–Kier alpha value is -1.94. The molecule has 29 heavy (non-hydrogen) atoms. The number of sulfonamides is 1. The molecule has 6 nitrogen and oxygen atoms in total. The fraction of sp³-hybridized carbons (Fsp3) is 0.350. The van der Waals surface area contributed by atoms with Crippen LogP contribution in [0.3, 0.4) is 0 Å². The van der Waals surface area contributed by atoms with Crippen LogP contribution in [0.25, 0.3) is 0 Å². The Morgan fingerprint density at radius 3 is 2.48 bits per heavy atom. The molecule has 1 amide bonds. The molecule has 1 heterocycles. The lowest BCUT2D eigenvalue weighted by Gasteiger charge is -2.26. The van der Waals surface area contributed by atoms with Crippen LogP contribution in [-0.4, -0.2) is 57.2 Å². The molecule has 0 aromatic heterocycles. The summed E-state index contributed by atoms with van der Waals surface area (Å²) >= 11 is 1.53. The maximum atomic E-state index is 13.5. The second kappa shape index (κ2) is 10.2. The van der Waals surface area contributed by atoms with E-state index in [0.29, 0.717) is 55.5 Å². The van der Waals surface area contributed by atoms with Crippen LogP contribution in [0.2, 0.25) is 0 Å². The number of amides is 1. The van der Waals surface area contributed by atoms with Crippen LogP contribution < -0.4 is 5.32 Å². The van der Waals surface area contributed by atoms with E-state index in [0.717, 1.165) is 0 Å². The highest BCUT2D eigenvalue weighted by atomic mass is 32.2. The summed E-state index contributed by atoms with van der Waals surface area (Å²) in [5, 5.41) is 2.79. The van der Waals surface area contributed by atoms with Crippen molar-refractivity contribution in [1.82, 2.24) is 9.62 Å². The minimum Gasteiger partial charge on any atom is -0.379 e. The summed E-state index contributed by atoms with van der Waals surface area (Å²) in [6.45, 7) is 1.86. The minimum absolute atomic E-state index is 0.163. The Morgan fingerprint density at radius 2 is 1.79 bits per heavy atom. The van der Waals surface area contributed by atoms with Gasteiger partial charge in [-0.05, 0) is 35.9 Å². The SMILES string of the molecule is O=C(NCCSCc1ccccc1F)c1ccc(S(=O)(=O)N2CCOCC2)cc1. The van der Waals surface area contributed by atoms with Gasteiger partial charge in [0, 0.05) is 36.7 Å². The maximum Gasteiger partial charge on any atom is 0.251 e. The quantitative estimate of drug-likeness (QED) is 0.641. The van der Waals surface area contributed by atoms with Crippen molar-refractivity contribution in [2.75, 3.05) is 38.6 Å². The van der Waals surface area contributed by atoms with Crippen LogP contribution in [0.5, 0.6) is 0 Å². The zero-order valence-corrected chi connectivity index (χ0v) is 17.5. The third kappa shape index (κ3) is 5.79. The summed E-state index contributed by atoms with van der Waals surface area (Å²) in [7, 11) is -3.57. The number of rotatable bonds is 8. The van der Waals surface area contributed by atoms with Gasteiger partial charge in [0.1, 0.15) is 5.82 Å². The number of thioether (sulfide) groups is 1. The van der Waals surface area contributed by atoms with Gasteiger partial charge in [0.05, 0.1) is 18.1 Å². The van der Waals surface area contributed by atoms with Gasteiger partial charge in [-0.25, -0.2) is 12.8 Å². The molecule has 156 valence electrons. The van der Waals surface area contributed by atoms with E-state index in [1.54, 1.807) is 18.2 Å². The van der Waals surface area contributed by atoms with E-state index in [9.17, 15) is 17.6 Å². The molecule has 3 rings (SSSR count). The molecule has 1 aliphatic rings. The topological polar surface area (TPSA) is 75.7 Å². The number of nitrogens with zero attached hydrogens (tertiary/aromatic N) is 1. The molecule has 0 aliphatic carbocycles. The average molecular weight is 439 g/mol. The molecule has 0 unspecified atom stereocenters. The summed E-state index contributed by atoms with van der Waals surface area (Å²) in [6, 6.07) is 12.5. The van der Waals surface area contributed by atoms with Gasteiger partial charge in [-0.15, -0.1) is 0 Å². The van der Waals surface area contributed by atoms with Gasteiger partial charge in [0.15, 0.2) is 0 Å². The predicted molar refractivity (Wildman–Crippen MR) is 111 cm³/mol. The zero-order chi connectivity index (χ0) is 20.7. The Morgan fingerprint density at radius 1 is 1.10 bits per heavy atom. The van der Waals surface area contributed by atoms with E-state index in [2.05, 4.69) is 5.32 Å². The Balaban J connectivity index is 1.47. The van der Waals surface area contributed by atoms with Gasteiger partial charge >= 0.3 is 0 Å². The summed E-state index contributed by atoms with van der Waals surface area (Å²) < 4.78 is 45.3. The molecular formula is C20H23FN2O4S2. The summed E-state index contributed by atoms with van der Waals surface area (Å²) in [5.74, 6) is 0.684. The highest BCUT2D eigenvalue weighted by molar-refractivity contribution is 7.98. The highest BCUT2D eigenvalue weighted by Gasteiger charge is 2.26.